The van der Waals surface area contributed by atoms with Crippen LogP contribution in [-0.2, 0) is 5.41 Å². The van der Waals surface area contributed by atoms with Crippen molar-refractivity contribution in [2.75, 3.05) is 0 Å². The number of fused-ring (bicyclic) bond motifs is 1. The van der Waals surface area contributed by atoms with E-state index in [1.807, 2.05) is 11.3 Å². The summed E-state index contributed by atoms with van der Waals surface area (Å²) in [5.74, 6) is 0. The molecule has 0 amide bonds. The van der Waals surface area contributed by atoms with Gasteiger partial charge in [0.15, 0.2) is 11.2 Å². The van der Waals surface area contributed by atoms with Crippen molar-refractivity contribution in [1.82, 2.24) is 9.38 Å². The first-order chi connectivity index (χ1) is 10.3. The molecule has 0 saturated carbocycles. The number of hydrogen-bond acceptors (Lipinski definition) is 3. The summed E-state index contributed by atoms with van der Waals surface area (Å²) in [5, 5.41) is 0. The molecule has 2 aromatic heterocycles. The minimum absolute atomic E-state index is 0.119. The highest BCUT2D eigenvalue weighted by molar-refractivity contribution is 7.17. The van der Waals surface area contributed by atoms with E-state index in [0.29, 0.717) is 5.69 Å². The van der Waals surface area contributed by atoms with E-state index >= 15 is 0 Å². The molecule has 1 aromatic carbocycles. The highest BCUT2D eigenvalue weighted by Crippen LogP contribution is 2.31. The third-order valence-electron chi connectivity index (χ3n) is 4.11. The number of benzene rings is 1. The number of thiazole rings is 1. The first-order valence-electron chi connectivity index (χ1n) is 7.37. The second-order valence-corrected chi connectivity index (χ2v) is 7.83. The zero-order chi connectivity index (χ0) is 16.1. The quantitative estimate of drug-likeness (QED) is 0.638. The van der Waals surface area contributed by atoms with E-state index in [-0.39, 0.29) is 5.41 Å². The Kier molecular flexibility index (Phi) is 3.44. The molecule has 3 nitrogen and oxygen atoms in total. The number of aryl methyl sites for hydroxylation is 2. The maximum Gasteiger partial charge on any atom is 0.195 e. The van der Waals surface area contributed by atoms with Gasteiger partial charge in [-0.25, -0.2) is 4.98 Å². The molecule has 0 bridgehead atoms. The predicted molar refractivity (Wildman–Crippen MR) is 92.1 cm³/mol. The zero-order valence-corrected chi connectivity index (χ0v) is 14.4. The zero-order valence-electron chi connectivity index (χ0n) is 13.6. The summed E-state index contributed by atoms with van der Waals surface area (Å²) in [6.07, 6.45) is 0.909. The average Bonchev–Trinajstić information content (AvgIpc) is 2.95. The van der Waals surface area contributed by atoms with Gasteiger partial charge in [0.1, 0.15) is 11.4 Å². The van der Waals surface area contributed by atoms with Gasteiger partial charge in [-0.3, -0.25) is 9.20 Å². The summed E-state index contributed by atoms with van der Waals surface area (Å²) in [6, 6.07) is 8.36. The van der Waals surface area contributed by atoms with Crippen LogP contribution in [0.15, 0.2) is 24.3 Å². The summed E-state index contributed by atoms with van der Waals surface area (Å²) in [4.78, 5) is 18.4. The van der Waals surface area contributed by atoms with Crippen LogP contribution < -0.4 is 0 Å². The number of imidazole rings is 1. The fourth-order valence-corrected chi connectivity index (χ4v) is 3.60. The highest BCUT2D eigenvalue weighted by atomic mass is 32.1. The van der Waals surface area contributed by atoms with Crippen molar-refractivity contribution in [1.29, 1.82) is 0 Å². The molecule has 0 aliphatic heterocycles. The van der Waals surface area contributed by atoms with Crippen molar-refractivity contribution in [2.45, 2.75) is 40.0 Å². The molecule has 3 rings (SSSR count). The van der Waals surface area contributed by atoms with Crippen molar-refractivity contribution in [3.63, 3.8) is 0 Å². The van der Waals surface area contributed by atoms with E-state index in [1.165, 1.54) is 10.4 Å². The molecule has 0 aliphatic carbocycles. The molecular weight excluding hydrogens is 292 g/mol. The van der Waals surface area contributed by atoms with Crippen LogP contribution in [0.25, 0.3) is 16.2 Å². The number of aromatic nitrogens is 2. The molecule has 0 unspecified atom stereocenters. The number of aldehydes is 1. The topological polar surface area (TPSA) is 34.4 Å². The molecule has 0 fully saturated rings. The molecule has 0 atom stereocenters. The Labute approximate surface area is 134 Å². The van der Waals surface area contributed by atoms with Crippen molar-refractivity contribution in [3.8, 4) is 11.3 Å². The van der Waals surface area contributed by atoms with Crippen LogP contribution in [0.3, 0.4) is 0 Å². The predicted octanol–water partition coefficient (Wildman–Crippen LogP) is 4.79. The monoisotopic (exact) mass is 312 g/mol. The Bertz CT molecular complexity index is 848. The lowest BCUT2D eigenvalue weighted by molar-refractivity contribution is 0.111. The molecule has 3 aromatic rings. The number of carbonyl (C=O) groups is 1. The SMILES string of the molecule is Cc1sc2nc(-c3ccc(C(C)(C)C)cc3)c(C=O)n2c1C. The molecule has 22 heavy (non-hydrogen) atoms. The van der Waals surface area contributed by atoms with Crippen LogP contribution in [0, 0.1) is 13.8 Å². The van der Waals surface area contributed by atoms with Crippen LogP contribution in [0.4, 0.5) is 0 Å². The lowest BCUT2D eigenvalue weighted by Crippen LogP contribution is -2.10. The van der Waals surface area contributed by atoms with E-state index < -0.39 is 0 Å². The largest absolute Gasteiger partial charge is 0.296 e. The molecule has 4 heteroatoms. The molecular formula is C18H20N2OS. The minimum atomic E-state index is 0.119. The summed E-state index contributed by atoms with van der Waals surface area (Å²) >= 11 is 1.62. The van der Waals surface area contributed by atoms with Crippen LogP contribution in [0.2, 0.25) is 0 Å². The smallest absolute Gasteiger partial charge is 0.195 e. The second-order valence-electron chi connectivity index (χ2n) is 6.65. The van der Waals surface area contributed by atoms with E-state index in [0.717, 1.165) is 28.2 Å². The Hall–Kier alpha value is -1.94. The molecule has 114 valence electrons. The van der Waals surface area contributed by atoms with Gasteiger partial charge in [0.05, 0.1) is 0 Å². The number of hydrogen-bond donors (Lipinski definition) is 0. The van der Waals surface area contributed by atoms with Gasteiger partial charge in [0.25, 0.3) is 0 Å². The van der Waals surface area contributed by atoms with Crippen LogP contribution in [-0.4, -0.2) is 15.7 Å². The van der Waals surface area contributed by atoms with E-state index in [4.69, 9.17) is 0 Å². The fraction of sp³-hybridized carbons (Fsp3) is 0.333. The molecule has 0 spiro atoms. The van der Waals surface area contributed by atoms with Gasteiger partial charge in [-0.05, 0) is 24.8 Å². The van der Waals surface area contributed by atoms with Gasteiger partial charge in [-0.15, -0.1) is 11.3 Å². The molecule has 2 heterocycles. The average molecular weight is 312 g/mol. The lowest BCUT2D eigenvalue weighted by atomic mass is 9.86. The Morgan fingerprint density at radius 3 is 2.32 bits per heavy atom. The standard InChI is InChI=1S/C18H20N2OS/c1-11-12(2)22-17-19-16(15(10-21)20(11)17)13-6-8-14(9-7-13)18(3,4)5/h6-10H,1-5H3. The summed E-state index contributed by atoms with van der Waals surface area (Å²) in [6.45, 7) is 10.7. The van der Waals surface area contributed by atoms with Crippen LogP contribution >= 0.6 is 11.3 Å². The van der Waals surface area contributed by atoms with Crippen molar-refractivity contribution >= 4 is 22.6 Å². The normalized spacial score (nSPS) is 12.0. The molecule has 0 aliphatic rings. The maximum atomic E-state index is 11.6. The van der Waals surface area contributed by atoms with Crippen molar-refractivity contribution in [3.05, 3.63) is 46.1 Å². The second kappa shape index (κ2) is 5.06. The summed E-state index contributed by atoms with van der Waals surface area (Å²) < 4.78 is 1.96. The highest BCUT2D eigenvalue weighted by Gasteiger charge is 2.19. The first kappa shape index (κ1) is 15.0. The Balaban J connectivity index is 2.16. The third kappa shape index (κ3) is 2.28. The summed E-state index contributed by atoms with van der Waals surface area (Å²) in [5.41, 5.74) is 4.88. The fourth-order valence-electron chi connectivity index (χ4n) is 2.62. The maximum absolute atomic E-state index is 11.6. The Morgan fingerprint density at radius 2 is 1.77 bits per heavy atom. The van der Waals surface area contributed by atoms with Gasteiger partial charge >= 0.3 is 0 Å². The van der Waals surface area contributed by atoms with Crippen molar-refractivity contribution < 1.29 is 4.79 Å². The van der Waals surface area contributed by atoms with E-state index in [2.05, 4.69) is 56.9 Å². The van der Waals surface area contributed by atoms with Gasteiger partial charge in [0.2, 0.25) is 0 Å². The number of rotatable bonds is 2. The lowest BCUT2D eigenvalue weighted by Gasteiger charge is -2.19. The summed E-state index contributed by atoms with van der Waals surface area (Å²) in [7, 11) is 0. The first-order valence-corrected chi connectivity index (χ1v) is 8.19. The molecule has 0 N–H and O–H groups in total. The van der Waals surface area contributed by atoms with Gasteiger partial charge < -0.3 is 0 Å². The van der Waals surface area contributed by atoms with Gasteiger partial charge in [0, 0.05) is 16.1 Å². The Morgan fingerprint density at radius 1 is 1.14 bits per heavy atom. The van der Waals surface area contributed by atoms with Crippen LogP contribution in [0.1, 0.15) is 47.4 Å². The van der Waals surface area contributed by atoms with Crippen LogP contribution in [0.5, 0.6) is 0 Å². The minimum Gasteiger partial charge on any atom is -0.296 e. The number of carbonyl (C=O) groups excluding carboxylic acids is 1. The number of nitrogens with zero attached hydrogens (tertiary/aromatic N) is 2. The van der Waals surface area contributed by atoms with E-state index in [1.54, 1.807) is 11.3 Å². The molecule has 0 saturated heterocycles. The van der Waals surface area contributed by atoms with Gasteiger partial charge in [-0.1, -0.05) is 45.0 Å². The van der Waals surface area contributed by atoms with E-state index in [9.17, 15) is 4.79 Å². The third-order valence-corrected chi connectivity index (χ3v) is 5.17. The molecule has 0 radical (unpaired) electrons. The van der Waals surface area contributed by atoms with Crippen molar-refractivity contribution in [2.24, 2.45) is 0 Å². The van der Waals surface area contributed by atoms with Gasteiger partial charge in [-0.2, -0.15) is 0 Å².